The van der Waals surface area contributed by atoms with Crippen molar-refractivity contribution in [3.05, 3.63) is 35.4 Å². The molecule has 0 amide bonds. The molecular weight excluding hydrogens is 148 g/mol. The molecule has 0 spiro atoms. The molecule has 62 valence electrons. The molecule has 0 aliphatic rings. The molecule has 0 saturated heterocycles. The van der Waals surface area contributed by atoms with Crippen LogP contribution in [0.4, 0.5) is 0 Å². The van der Waals surface area contributed by atoms with Gasteiger partial charge in [0.2, 0.25) is 0 Å². The fourth-order valence-corrected chi connectivity index (χ4v) is 0.988. The zero-order chi connectivity index (χ0) is 8.97. The van der Waals surface area contributed by atoms with Gasteiger partial charge in [-0.2, -0.15) is 0 Å². The second-order valence-electron chi connectivity index (χ2n) is 2.78. The lowest BCUT2D eigenvalue weighted by molar-refractivity contribution is -0.355. The van der Waals surface area contributed by atoms with E-state index in [4.69, 9.17) is 5.41 Å². The molecule has 1 rings (SSSR count). The van der Waals surface area contributed by atoms with Gasteiger partial charge < -0.3 is 0 Å². The first kappa shape index (κ1) is 8.65. The smallest absolute Gasteiger partial charge is 0.240 e. The largest absolute Gasteiger partial charge is 0.276 e. The molecule has 1 aromatic rings. The molecular formula is C10H13N2+. The molecule has 0 unspecified atom stereocenters. The van der Waals surface area contributed by atoms with Crippen LogP contribution in [0.25, 0.3) is 0 Å². The SMILES string of the molecule is Cc1ccccc1/C=[N+](\C)C=N. The minimum absolute atomic E-state index is 1.16. The van der Waals surface area contributed by atoms with Gasteiger partial charge in [-0.05, 0) is 12.5 Å². The van der Waals surface area contributed by atoms with E-state index in [0.717, 1.165) is 5.56 Å². The molecule has 0 aliphatic carbocycles. The van der Waals surface area contributed by atoms with Gasteiger partial charge >= 0.3 is 0 Å². The van der Waals surface area contributed by atoms with Crippen molar-refractivity contribution in [1.29, 1.82) is 5.41 Å². The summed E-state index contributed by atoms with van der Waals surface area (Å²) in [6, 6.07) is 8.10. The van der Waals surface area contributed by atoms with Crippen LogP contribution in [-0.4, -0.2) is 24.2 Å². The summed E-state index contributed by atoms with van der Waals surface area (Å²) in [6.45, 7) is 2.06. The van der Waals surface area contributed by atoms with Crippen LogP contribution in [-0.2, 0) is 0 Å². The van der Waals surface area contributed by atoms with Crippen molar-refractivity contribution < 1.29 is 4.58 Å². The minimum Gasteiger partial charge on any atom is -0.240 e. The Labute approximate surface area is 72.7 Å². The van der Waals surface area contributed by atoms with E-state index in [2.05, 4.69) is 13.0 Å². The third-order valence-electron chi connectivity index (χ3n) is 1.73. The third-order valence-corrected chi connectivity index (χ3v) is 1.73. The molecule has 0 radical (unpaired) electrons. The van der Waals surface area contributed by atoms with E-state index in [9.17, 15) is 0 Å². The zero-order valence-corrected chi connectivity index (χ0v) is 7.41. The second-order valence-corrected chi connectivity index (χ2v) is 2.78. The van der Waals surface area contributed by atoms with E-state index in [1.54, 1.807) is 4.58 Å². The van der Waals surface area contributed by atoms with Crippen molar-refractivity contribution >= 4 is 12.6 Å². The van der Waals surface area contributed by atoms with E-state index in [-0.39, 0.29) is 0 Å². The van der Waals surface area contributed by atoms with Gasteiger partial charge in [-0.15, -0.1) is 5.41 Å². The predicted octanol–water partition coefficient (Wildman–Crippen LogP) is 1.66. The highest BCUT2D eigenvalue weighted by Crippen LogP contribution is 2.02. The summed E-state index contributed by atoms with van der Waals surface area (Å²) >= 11 is 0. The minimum atomic E-state index is 1.16. The highest BCUT2D eigenvalue weighted by Gasteiger charge is 1.94. The van der Waals surface area contributed by atoms with Crippen molar-refractivity contribution in [2.24, 2.45) is 0 Å². The number of rotatable bonds is 2. The molecule has 2 nitrogen and oxygen atoms in total. The molecule has 0 heterocycles. The van der Waals surface area contributed by atoms with Crippen LogP contribution in [0.3, 0.4) is 0 Å². The Hall–Kier alpha value is -1.44. The normalized spacial score (nSPS) is 11.3. The summed E-state index contributed by atoms with van der Waals surface area (Å²) in [5.74, 6) is 0. The Morgan fingerprint density at radius 3 is 2.58 bits per heavy atom. The van der Waals surface area contributed by atoms with Gasteiger partial charge in [0.25, 0.3) is 6.34 Å². The van der Waals surface area contributed by atoms with E-state index in [0.29, 0.717) is 0 Å². The molecule has 12 heavy (non-hydrogen) atoms. The highest BCUT2D eigenvalue weighted by molar-refractivity contribution is 5.79. The number of nitrogens with one attached hydrogen (secondary N) is 1. The average Bonchev–Trinajstić information content (AvgIpc) is 2.09. The number of benzene rings is 1. The van der Waals surface area contributed by atoms with Gasteiger partial charge in [0.15, 0.2) is 0 Å². The maximum absolute atomic E-state index is 7.00. The van der Waals surface area contributed by atoms with Gasteiger partial charge in [0, 0.05) is 5.56 Å². The highest BCUT2D eigenvalue weighted by atomic mass is 15.0. The van der Waals surface area contributed by atoms with Crippen LogP contribution in [0, 0.1) is 12.3 Å². The van der Waals surface area contributed by atoms with Crippen LogP contribution >= 0.6 is 0 Å². The summed E-state index contributed by atoms with van der Waals surface area (Å²) < 4.78 is 1.72. The van der Waals surface area contributed by atoms with Gasteiger partial charge in [-0.3, -0.25) is 0 Å². The van der Waals surface area contributed by atoms with Crippen molar-refractivity contribution in [2.45, 2.75) is 6.92 Å². The lowest BCUT2D eigenvalue weighted by atomic mass is 10.1. The van der Waals surface area contributed by atoms with Crippen LogP contribution in [0.5, 0.6) is 0 Å². The molecule has 0 saturated carbocycles. The molecule has 1 N–H and O–H groups in total. The molecule has 0 atom stereocenters. The Balaban J connectivity index is 3.04. The first-order valence-electron chi connectivity index (χ1n) is 3.87. The van der Waals surface area contributed by atoms with Crippen molar-refractivity contribution in [2.75, 3.05) is 7.05 Å². The first-order valence-corrected chi connectivity index (χ1v) is 3.87. The predicted molar refractivity (Wildman–Crippen MR) is 51.3 cm³/mol. The van der Waals surface area contributed by atoms with E-state index in [1.165, 1.54) is 11.9 Å². The van der Waals surface area contributed by atoms with Crippen LogP contribution in [0.1, 0.15) is 11.1 Å². The van der Waals surface area contributed by atoms with Crippen LogP contribution in [0.15, 0.2) is 24.3 Å². The van der Waals surface area contributed by atoms with Crippen LogP contribution in [0.2, 0.25) is 0 Å². The van der Waals surface area contributed by atoms with Crippen LogP contribution < -0.4 is 0 Å². The monoisotopic (exact) mass is 161 g/mol. The van der Waals surface area contributed by atoms with Crippen molar-refractivity contribution in [3.8, 4) is 0 Å². The Morgan fingerprint density at radius 1 is 1.33 bits per heavy atom. The lowest BCUT2D eigenvalue weighted by Crippen LogP contribution is -2.04. The van der Waals surface area contributed by atoms with E-state index >= 15 is 0 Å². The van der Waals surface area contributed by atoms with E-state index < -0.39 is 0 Å². The van der Waals surface area contributed by atoms with E-state index in [1.807, 2.05) is 31.5 Å². The second kappa shape index (κ2) is 3.81. The Kier molecular flexibility index (Phi) is 2.75. The Bertz CT molecular complexity index is 313. The number of hydrogen-bond donors (Lipinski definition) is 1. The lowest BCUT2D eigenvalue weighted by Gasteiger charge is -1.97. The zero-order valence-electron chi connectivity index (χ0n) is 7.41. The molecule has 0 aromatic heterocycles. The fraction of sp³-hybridized carbons (Fsp3) is 0.200. The standard InChI is InChI=1S/C10H13N2/c1-9-5-3-4-6-10(9)7-12(2)8-11/h3-8,11H,1-2H3/q+1/b11-8?,12-7+. The summed E-state index contributed by atoms with van der Waals surface area (Å²) in [4.78, 5) is 0. The first-order chi connectivity index (χ1) is 5.74. The van der Waals surface area contributed by atoms with Crippen molar-refractivity contribution in [3.63, 3.8) is 0 Å². The van der Waals surface area contributed by atoms with Gasteiger partial charge in [0.05, 0.1) is 13.3 Å². The molecule has 2 heteroatoms. The topological polar surface area (TPSA) is 26.9 Å². The number of nitrogens with zero attached hydrogens (tertiary/aromatic N) is 1. The maximum atomic E-state index is 7.00. The molecule has 0 aliphatic heterocycles. The Morgan fingerprint density at radius 2 is 2.00 bits per heavy atom. The molecule has 0 fully saturated rings. The van der Waals surface area contributed by atoms with Gasteiger partial charge in [0.1, 0.15) is 0 Å². The molecule has 0 bridgehead atoms. The average molecular weight is 161 g/mol. The summed E-state index contributed by atoms with van der Waals surface area (Å²) in [6.07, 6.45) is 3.22. The summed E-state index contributed by atoms with van der Waals surface area (Å²) in [5.41, 5.74) is 2.38. The number of hydrogen-bond acceptors (Lipinski definition) is 1. The number of aryl methyl sites for hydroxylation is 1. The fourth-order valence-electron chi connectivity index (χ4n) is 0.988. The maximum Gasteiger partial charge on any atom is 0.276 e. The molecule has 1 aromatic carbocycles. The summed E-state index contributed by atoms with van der Waals surface area (Å²) in [7, 11) is 1.85. The quantitative estimate of drug-likeness (QED) is 0.388. The third kappa shape index (κ3) is 2.02. The summed E-state index contributed by atoms with van der Waals surface area (Å²) in [5, 5.41) is 7.00. The van der Waals surface area contributed by atoms with Gasteiger partial charge in [-0.1, -0.05) is 24.3 Å². The van der Waals surface area contributed by atoms with Gasteiger partial charge in [-0.25, -0.2) is 4.58 Å². The van der Waals surface area contributed by atoms with Crippen molar-refractivity contribution in [1.82, 2.24) is 0 Å².